The molecule has 2 aromatic carbocycles. The van der Waals surface area contributed by atoms with Crippen molar-refractivity contribution in [2.75, 3.05) is 18.4 Å². The molecule has 0 saturated carbocycles. The molecule has 30 heavy (non-hydrogen) atoms. The number of benzene rings is 2. The molecule has 0 fully saturated rings. The lowest BCUT2D eigenvalue weighted by Crippen LogP contribution is -2.35. The largest absolute Gasteiger partial charge is 0.351 e. The zero-order valence-corrected chi connectivity index (χ0v) is 18.8. The maximum atomic E-state index is 12.4. The smallest absolute Gasteiger partial charge is 0.251 e. The van der Waals surface area contributed by atoms with Crippen LogP contribution in [0.2, 0.25) is 0 Å². The molecule has 0 bridgehead atoms. The number of hydrogen-bond donors (Lipinski definition) is 3. The van der Waals surface area contributed by atoms with Crippen molar-refractivity contribution in [2.45, 2.75) is 39.5 Å². The van der Waals surface area contributed by atoms with E-state index in [0.717, 1.165) is 5.56 Å². The molecule has 0 radical (unpaired) electrons. The predicted molar refractivity (Wildman–Crippen MR) is 118 cm³/mol. The third-order valence-corrected chi connectivity index (χ3v) is 6.03. The normalized spacial score (nSPS) is 11.8. The van der Waals surface area contributed by atoms with Crippen LogP contribution in [0.5, 0.6) is 0 Å². The molecule has 0 saturated heterocycles. The van der Waals surface area contributed by atoms with E-state index in [1.165, 1.54) is 0 Å². The van der Waals surface area contributed by atoms with Gasteiger partial charge in [-0.2, -0.15) is 0 Å². The summed E-state index contributed by atoms with van der Waals surface area (Å²) >= 11 is 0. The Kier molecular flexibility index (Phi) is 7.39. The average molecular weight is 432 g/mol. The SMILES string of the molecule is Cc1ccc(S(=O)(=O)NCCNC(=O)c2ccc(NC(=O)C(C)(C)C)cc2)c(C)c1. The Bertz CT molecular complexity index is 1020. The number of nitrogens with one attached hydrogen (secondary N) is 3. The summed E-state index contributed by atoms with van der Waals surface area (Å²) in [7, 11) is -3.64. The van der Waals surface area contributed by atoms with Crippen LogP contribution in [0.4, 0.5) is 5.69 Å². The molecule has 3 N–H and O–H groups in total. The zero-order chi connectivity index (χ0) is 22.5. The van der Waals surface area contributed by atoms with Crippen LogP contribution < -0.4 is 15.4 Å². The number of carbonyl (C=O) groups excluding carboxylic acids is 2. The second kappa shape index (κ2) is 9.40. The van der Waals surface area contributed by atoms with Gasteiger partial charge in [-0.3, -0.25) is 9.59 Å². The molecule has 2 rings (SSSR count). The third kappa shape index (κ3) is 6.40. The first-order chi connectivity index (χ1) is 13.9. The predicted octanol–water partition coefficient (Wildman–Crippen LogP) is 3.00. The molecule has 0 aliphatic heterocycles. The van der Waals surface area contributed by atoms with Crippen molar-refractivity contribution in [3.8, 4) is 0 Å². The Labute approximate surface area is 178 Å². The van der Waals surface area contributed by atoms with Crippen molar-refractivity contribution >= 4 is 27.5 Å². The molecule has 7 nitrogen and oxygen atoms in total. The number of rotatable bonds is 7. The standard InChI is InChI=1S/C22H29N3O4S/c1-15-6-11-19(16(2)14-15)30(28,29)24-13-12-23-20(26)17-7-9-18(10-8-17)25-21(27)22(3,4)5/h6-11,14,24H,12-13H2,1-5H3,(H,23,26)(H,25,27). The van der Waals surface area contributed by atoms with Gasteiger partial charge in [-0.25, -0.2) is 13.1 Å². The molecule has 2 amide bonds. The Morgan fingerprint density at radius 3 is 2.13 bits per heavy atom. The number of anilines is 1. The van der Waals surface area contributed by atoms with E-state index in [9.17, 15) is 18.0 Å². The average Bonchev–Trinajstić information content (AvgIpc) is 2.64. The van der Waals surface area contributed by atoms with Crippen molar-refractivity contribution in [3.63, 3.8) is 0 Å². The summed E-state index contributed by atoms with van der Waals surface area (Å²) in [5, 5.41) is 5.47. The van der Waals surface area contributed by atoms with Crippen molar-refractivity contribution < 1.29 is 18.0 Å². The van der Waals surface area contributed by atoms with Gasteiger partial charge < -0.3 is 10.6 Å². The molecule has 0 unspecified atom stereocenters. The topological polar surface area (TPSA) is 104 Å². The molecule has 0 heterocycles. The summed E-state index contributed by atoms with van der Waals surface area (Å²) in [6, 6.07) is 11.6. The second-order valence-electron chi connectivity index (χ2n) is 8.20. The van der Waals surface area contributed by atoms with E-state index < -0.39 is 15.4 Å². The fourth-order valence-electron chi connectivity index (χ4n) is 2.67. The van der Waals surface area contributed by atoms with Gasteiger partial charge in [0.1, 0.15) is 0 Å². The quantitative estimate of drug-likeness (QED) is 0.586. The van der Waals surface area contributed by atoms with Crippen LogP contribution in [0, 0.1) is 19.3 Å². The molecule has 162 valence electrons. The highest BCUT2D eigenvalue weighted by Crippen LogP contribution is 2.18. The van der Waals surface area contributed by atoms with Crippen molar-refractivity contribution in [1.82, 2.24) is 10.0 Å². The van der Waals surface area contributed by atoms with Crippen LogP contribution in [0.15, 0.2) is 47.4 Å². The van der Waals surface area contributed by atoms with E-state index in [0.29, 0.717) is 16.8 Å². The van der Waals surface area contributed by atoms with Gasteiger partial charge in [-0.15, -0.1) is 0 Å². The third-order valence-electron chi connectivity index (χ3n) is 4.41. The molecule has 2 aromatic rings. The minimum atomic E-state index is -3.64. The monoisotopic (exact) mass is 431 g/mol. The van der Waals surface area contributed by atoms with E-state index in [4.69, 9.17) is 0 Å². The highest BCUT2D eigenvalue weighted by molar-refractivity contribution is 7.89. The lowest BCUT2D eigenvalue weighted by atomic mass is 9.95. The molecule has 0 atom stereocenters. The van der Waals surface area contributed by atoms with E-state index in [2.05, 4.69) is 15.4 Å². The second-order valence-corrected chi connectivity index (χ2v) is 9.94. The van der Waals surface area contributed by atoms with Crippen LogP contribution >= 0.6 is 0 Å². The maximum Gasteiger partial charge on any atom is 0.251 e. The van der Waals surface area contributed by atoms with Crippen LogP contribution in [0.25, 0.3) is 0 Å². The molecule has 0 spiro atoms. The zero-order valence-electron chi connectivity index (χ0n) is 18.0. The molecule has 8 heteroatoms. The lowest BCUT2D eigenvalue weighted by Gasteiger charge is -2.17. The maximum absolute atomic E-state index is 12.4. The van der Waals surface area contributed by atoms with E-state index in [1.54, 1.807) is 43.3 Å². The summed E-state index contributed by atoms with van der Waals surface area (Å²) in [5.74, 6) is -0.440. The lowest BCUT2D eigenvalue weighted by molar-refractivity contribution is -0.123. The van der Waals surface area contributed by atoms with Crippen LogP contribution in [-0.4, -0.2) is 33.3 Å². The highest BCUT2D eigenvalue weighted by Gasteiger charge is 2.21. The first-order valence-corrected chi connectivity index (χ1v) is 11.1. The Balaban J connectivity index is 1.86. The van der Waals surface area contributed by atoms with Gasteiger partial charge in [-0.05, 0) is 49.7 Å². The van der Waals surface area contributed by atoms with Crippen molar-refractivity contribution in [2.24, 2.45) is 5.41 Å². The van der Waals surface area contributed by atoms with Gasteiger partial charge in [0.15, 0.2) is 0 Å². The number of aryl methyl sites for hydroxylation is 2. The fourth-order valence-corrected chi connectivity index (χ4v) is 3.92. The summed E-state index contributed by atoms with van der Waals surface area (Å²) in [6.45, 7) is 9.32. The van der Waals surface area contributed by atoms with Gasteiger partial charge in [0.2, 0.25) is 15.9 Å². The van der Waals surface area contributed by atoms with Crippen molar-refractivity contribution in [1.29, 1.82) is 0 Å². The fraction of sp³-hybridized carbons (Fsp3) is 0.364. The van der Waals surface area contributed by atoms with Crippen LogP contribution in [0.1, 0.15) is 42.3 Å². The molecular formula is C22H29N3O4S. The number of amides is 2. The first-order valence-electron chi connectivity index (χ1n) is 9.67. The number of hydrogen-bond acceptors (Lipinski definition) is 4. The van der Waals surface area contributed by atoms with Crippen LogP contribution in [-0.2, 0) is 14.8 Å². The number of carbonyl (C=O) groups is 2. The molecular weight excluding hydrogens is 402 g/mol. The Morgan fingerprint density at radius 2 is 1.57 bits per heavy atom. The van der Waals surface area contributed by atoms with Gasteiger partial charge >= 0.3 is 0 Å². The minimum Gasteiger partial charge on any atom is -0.351 e. The van der Waals surface area contributed by atoms with E-state index >= 15 is 0 Å². The molecule has 0 aliphatic rings. The molecule has 0 aromatic heterocycles. The summed E-state index contributed by atoms with van der Waals surface area (Å²) in [6.07, 6.45) is 0. The van der Waals surface area contributed by atoms with E-state index in [1.807, 2.05) is 33.8 Å². The number of sulfonamides is 1. The van der Waals surface area contributed by atoms with E-state index in [-0.39, 0.29) is 29.8 Å². The minimum absolute atomic E-state index is 0.0705. The van der Waals surface area contributed by atoms with Gasteiger partial charge in [0, 0.05) is 29.8 Å². The molecule has 0 aliphatic carbocycles. The Morgan fingerprint density at radius 1 is 0.933 bits per heavy atom. The van der Waals surface area contributed by atoms with Gasteiger partial charge in [0.05, 0.1) is 4.90 Å². The summed E-state index contributed by atoms with van der Waals surface area (Å²) in [4.78, 5) is 24.5. The first kappa shape index (κ1) is 23.6. The Hall–Kier alpha value is -2.71. The highest BCUT2D eigenvalue weighted by atomic mass is 32.2. The van der Waals surface area contributed by atoms with Crippen molar-refractivity contribution in [3.05, 3.63) is 59.2 Å². The van der Waals surface area contributed by atoms with Crippen LogP contribution in [0.3, 0.4) is 0 Å². The van der Waals surface area contributed by atoms with Gasteiger partial charge in [-0.1, -0.05) is 38.5 Å². The summed E-state index contributed by atoms with van der Waals surface area (Å²) in [5.41, 5.74) is 2.17. The van der Waals surface area contributed by atoms with Gasteiger partial charge in [0.25, 0.3) is 5.91 Å². The summed E-state index contributed by atoms with van der Waals surface area (Å²) < 4.78 is 27.3.